The second kappa shape index (κ2) is 8.75. The van der Waals surface area contributed by atoms with Gasteiger partial charge in [0.1, 0.15) is 11.5 Å². The number of anilines is 2. The zero-order chi connectivity index (χ0) is 20.1. The first-order valence-corrected chi connectivity index (χ1v) is 9.89. The molecule has 0 amide bonds. The van der Waals surface area contributed by atoms with Crippen molar-refractivity contribution in [2.24, 2.45) is 0 Å². The van der Waals surface area contributed by atoms with E-state index in [0.717, 1.165) is 45.4 Å². The van der Waals surface area contributed by atoms with Crippen LogP contribution in [0.4, 0.5) is 11.5 Å². The van der Waals surface area contributed by atoms with Crippen LogP contribution in [0, 0.1) is 6.92 Å². The predicted molar refractivity (Wildman–Crippen MR) is 112 cm³/mol. The van der Waals surface area contributed by atoms with E-state index in [9.17, 15) is 4.79 Å². The molecule has 6 nitrogen and oxygen atoms in total. The van der Waals surface area contributed by atoms with Gasteiger partial charge in [0.15, 0.2) is 5.82 Å². The van der Waals surface area contributed by atoms with Crippen LogP contribution in [0.2, 0.25) is 0 Å². The van der Waals surface area contributed by atoms with Crippen LogP contribution in [0.5, 0.6) is 0 Å². The largest absolute Gasteiger partial charge is 0.481 e. The van der Waals surface area contributed by atoms with E-state index >= 15 is 0 Å². The number of carbonyl (C=O) groups is 1. The average Bonchev–Trinajstić information content (AvgIpc) is 3.10. The summed E-state index contributed by atoms with van der Waals surface area (Å²) in [7, 11) is 0. The molecule has 0 saturated heterocycles. The Hall–Kier alpha value is -3.06. The first kappa shape index (κ1) is 19.7. The number of benzene rings is 1. The highest BCUT2D eigenvalue weighted by Gasteiger charge is 2.15. The predicted octanol–water partition coefficient (Wildman–Crippen LogP) is 4.57. The smallest absolute Gasteiger partial charge is 0.307 e. The van der Waals surface area contributed by atoms with Crippen molar-refractivity contribution in [2.75, 3.05) is 5.32 Å². The van der Waals surface area contributed by atoms with Gasteiger partial charge in [0, 0.05) is 22.3 Å². The molecule has 0 spiro atoms. The summed E-state index contributed by atoms with van der Waals surface area (Å²) in [5.74, 6) is 0.470. The Morgan fingerprint density at radius 2 is 2.00 bits per heavy atom. The van der Waals surface area contributed by atoms with Gasteiger partial charge in [-0.25, -0.2) is 15.0 Å². The Balaban J connectivity index is 1.99. The van der Waals surface area contributed by atoms with Crippen LogP contribution < -0.4 is 5.32 Å². The molecule has 0 fully saturated rings. The minimum Gasteiger partial charge on any atom is -0.481 e. The lowest BCUT2D eigenvalue weighted by atomic mass is 10.1. The van der Waals surface area contributed by atoms with Crippen molar-refractivity contribution in [3.63, 3.8) is 0 Å². The number of rotatable bonds is 8. The number of nitrogens with one attached hydrogen (secondary N) is 1. The van der Waals surface area contributed by atoms with Gasteiger partial charge in [-0.05, 0) is 37.5 Å². The van der Waals surface area contributed by atoms with Gasteiger partial charge in [-0.2, -0.15) is 0 Å². The summed E-state index contributed by atoms with van der Waals surface area (Å²) in [6.07, 6.45) is 3.27. The lowest BCUT2D eigenvalue weighted by molar-refractivity contribution is -0.136. The standard InChI is InChI=1S/C21H22N4O2S/c1-4-6-16-17(5-2)24-21(18-12-28-13(3)22-18)25-20(16)23-15-9-7-14(8-10-15)11-19(26)27/h4,7-10,12H,1,5-6,11H2,2-3H3,(H,26,27)(H,23,24,25). The van der Waals surface area contributed by atoms with E-state index in [1.807, 2.05) is 30.5 Å². The van der Waals surface area contributed by atoms with E-state index < -0.39 is 5.97 Å². The van der Waals surface area contributed by atoms with Crippen molar-refractivity contribution >= 4 is 28.8 Å². The number of hydrogen-bond acceptors (Lipinski definition) is 6. The third-order valence-electron chi connectivity index (χ3n) is 4.20. The molecule has 0 radical (unpaired) electrons. The number of hydrogen-bond donors (Lipinski definition) is 2. The number of carboxylic acids is 1. The van der Waals surface area contributed by atoms with Crippen LogP contribution in [0.25, 0.3) is 11.5 Å². The fourth-order valence-electron chi connectivity index (χ4n) is 2.88. The third-order valence-corrected chi connectivity index (χ3v) is 4.97. The third kappa shape index (κ3) is 4.61. The molecule has 144 valence electrons. The van der Waals surface area contributed by atoms with E-state index in [1.54, 1.807) is 23.5 Å². The van der Waals surface area contributed by atoms with Crippen LogP contribution in [-0.4, -0.2) is 26.0 Å². The Morgan fingerprint density at radius 1 is 1.25 bits per heavy atom. The molecule has 7 heteroatoms. The zero-order valence-electron chi connectivity index (χ0n) is 15.9. The molecule has 2 aromatic heterocycles. The summed E-state index contributed by atoms with van der Waals surface area (Å²) < 4.78 is 0. The Morgan fingerprint density at radius 3 is 2.57 bits per heavy atom. The molecule has 0 saturated carbocycles. The SMILES string of the molecule is C=CCc1c(CC)nc(-c2csc(C)n2)nc1Nc1ccc(CC(=O)O)cc1. The molecule has 0 atom stereocenters. The molecule has 0 aliphatic rings. The lowest BCUT2D eigenvalue weighted by Crippen LogP contribution is -2.07. The van der Waals surface area contributed by atoms with Gasteiger partial charge in [-0.1, -0.05) is 25.1 Å². The van der Waals surface area contributed by atoms with E-state index in [0.29, 0.717) is 12.2 Å². The minimum atomic E-state index is -0.847. The van der Waals surface area contributed by atoms with Crippen LogP contribution in [-0.2, 0) is 24.1 Å². The van der Waals surface area contributed by atoms with Gasteiger partial charge in [-0.15, -0.1) is 17.9 Å². The number of aryl methyl sites for hydroxylation is 2. The fraction of sp³-hybridized carbons (Fsp3) is 0.238. The lowest BCUT2D eigenvalue weighted by Gasteiger charge is -2.15. The van der Waals surface area contributed by atoms with Crippen LogP contribution >= 0.6 is 11.3 Å². The Kier molecular flexibility index (Phi) is 6.16. The monoisotopic (exact) mass is 394 g/mol. The minimum absolute atomic E-state index is 0.00279. The molecular formula is C21H22N4O2S. The van der Waals surface area contributed by atoms with Crippen LogP contribution in [0.15, 0.2) is 42.3 Å². The molecule has 0 bridgehead atoms. The highest BCUT2D eigenvalue weighted by atomic mass is 32.1. The molecule has 3 rings (SSSR count). The van der Waals surface area contributed by atoms with E-state index in [-0.39, 0.29) is 6.42 Å². The molecule has 3 aromatic rings. The van der Waals surface area contributed by atoms with Crippen molar-refractivity contribution in [2.45, 2.75) is 33.1 Å². The number of allylic oxidation sites excluding steroid dienone is 1. The van der Waals surface area contributed by atoms with Gasteiger partial charge < -0.3 is 10.4 Å². The second-order valence-electron chi connectivity index (χ2n) is 6.31. The van der Waals surface area contributed by atoms with Gasteiger partial charge in [0.05, 0.1) is 11.4 Å². The first-order valence-electron chi connectivity index (χ1n) is 9.01. The molecule has 1 aromatic carbocycles. The topological polar surface area (TPSA) is 88.0 Å². The number of aliphatic carboxylic acids is 1. The average molecular weight is 395 g/mol. The summed E-state index contributed by atoms with van der Waals surface area (Å²) in [6.45, 7) is 7.88. The molecule has 2 heterocycles. The van der Waals surface area contributed by atoms with Crippen molar-refractivity contribution < 1.29 is 9.90 Å². The van der Waals surface area contributed by atoms with E-state index in [2.05, 4.69) is 23.8 Å². The maximum Gasteiger partial charge on any atom is 0.307 e. The zero-order valence-corrected chi connectivity index (χ0v) is 16.7. The molecule has 2 N–H and O–H groups in total. The molecule has 28 heavy (non-hydrogen) atoms. The quantitative estimate of drug-likeness (QED) is 0.544. The molecular weight excluding hydrogens is 372 g/mol. The number of thiazole rings is 1. The summed E-state index contributed by atoms with van der Waals surface area (Å²) in [5, 5.41) is 15.2. The summed E-state index contributed by atoms with van der Waals surface area (Å²) in [5.41, 5.74) is 4.31. The summed E-state index contributed by atoms with van der Waals surface area (Å²) >= 11 is 1.57. The van der Waals surface area contributed by atoms with Crippen molar-refractivity contribution in [1.82, 2.24) is 15.0 Å². The number of carboxylic acid groups (broad SMARTS) is 1. The maximum absolute atomic E-state index is 10.9. The second-order valence-corrected chi connectivity index (χ2v) is 7.37. The Labute approximate surface area is 168 Å². The molecule has 0 aliphatic carbocycles. The van der Waals surface area contributed by atoms with Crippen LogP contribution in [0.1, 0.15) is 28.8 Å². The van der Waals surface area contributed by atoms with Crippen LogP contribution in [0.3, 0.4) is 0 Å². The highest BCUT2D eigenvalue weighted by molar-refractivity contribution is 7.09. The van der Waals surface area contributed by atoms with Gasteiger partial charge >= 0.3 is 5.97 Å². The maximum atomic E-state index is 10.9. The normalized spacial score (nSPS) is 10.6. The summed E-state index contributed by atoms with van der Waals surface area (Å²) in [4.78, 5) is 24.8. The van der Waals surface area contributed by atoms with Crippen molar-refractivity contribution in [1.29, 1.82) is 0 Å². The molecule has 0 unspecified atom stereocenters. The van der Waals surface area contributed by atoms with E-state index in [1.165, 1.54) is 0 Å². The number of nitrogens with zero attached hydrogens (tertiary/aromatic N) is 3. The molecule has 0 aliphatic heterocycles. The Bertz CT molecular complexity index is 996. The highest BCUT2D eigenvalue weighted by Crippen LogP contribution is 2.27. The van der Waals surface area contributed by atoms with Crippen molar-refractivity contribution in [3.05, 3.63) is 64.1 Å². The van der Waals surface area contributed by atoms with Crippen molar-refractivity contribution in [3.8, 4) is 11.5 Å². The first-order chi connectivity index (χ1) is 13.5. The van der Waals surface area contributed by atoms with Gasteiger partial charge in [-0.3, -0.25) is 4.79 Å². The number of aromatic nitrogens is 3. The van der Waals surface area contributed by atoms with Gasteiger partial charge in [0.2, 0.25) is 0 Å². The van der Waals surface area contributed by atoms with Gasteiger partial charge in [0.25, 0.3) is 0 Å². The fourth-order valence-corrected chi connectivity index (χ4v) is 3.47. The van der Waals surface area contributed by atoms with E-state index in [4.69, 9.17) is 15.1 Å². The summed E-state index contributed by atoms with van der Waals surface area (Å²) in [6, 6.07) is 7.32.